The average Bonchev–Trinajstić information content (AvgIpc) is 2.88. The molecule has 0 heterocycles. The molecule has 0 aromatic heterocycles. The zero-order valence-electron chi connectivity index (χ0n) is 15.7. The molecule has 140 valence electrons. The van der Waals surface area contributed by atoms with Crippen LogP contribution in [0.3, 0.4) is 0 Å². The Hall–Kier alpha value is -1.00. The Balaban J connectivity index is 1.80. The maximum absolute atomic E-state index is 12.6. The Kier molecular flexibility index (Phi) is 4.06. The minimum Gasteiger partial charge on any atom is -0.381 e. The van der Waals surface area contributed by atoms with Crippen LogP contribution < -0.4 is 0 Å². The van der Waals surface area contributed by atoms with Crippen LogP contribution in [0.5, 0.6) is 0 Å². The molecular formula is C22H27BrO3. The maximum Gasteiger partial charge on any atom is 0.178 e. The Morgan fingerprint density at radius 1 is 1.35 bits per heavy atom. The number of aliphatic hydroxyl groups is 1. The van der Waals surface area contributed by atoms with Gasteiger partial charge >= 0.3 is 0 Å². The first kappa shape index (κ1) is 18.4. The predicted octanol–water partition coefficient (Wildman–Crippen LogP) is 4.16. The van der Waals surface area contributed by atoms with Crippen molar-refractivity contribution >= 4 is 27.5 Å². The molecule has 4 aliphatic carbocycles. The molecule has 4 rings (SSSR count). The molecule has 2 saturated carbocycles. The van der Waals surface area contributed by atoms with E-state index in [1.165, 1.54) is 11.1 Å². The highest BCUT2D eigenvalue weighted by molar-refractivity contribution is 9.09. The van der Waals surface area contributed by atoms with Crippen LogP contribution >= 0.6 is 15.9 Å². The lowest BCUT2D eigenvalue weighted by Gasteiger charge is -2.55. The van der Waals surface area contributed by atoms with E-state index in [4.69, 9.17) is 0 Å². The molecular weight excluding hydrogens is 392 g/mol. The summed E-state index contributed by atoms with van der Waals surface area (Å²) < 4.78 is 0. The van der Waals surface area contributed by atoms with Gasteiger partial charge in [-0.1, -0.05) is 47.5 Å². The van der Waals surface area contributed by atoms with Crippen molar-refractivity contribution in [2.75, 3.05) is 5.33 Å². The van der Waals surface area contributed by atoms with Crippen LogP contribution in [0.1, 0.15) is 46.5 Å². The summed E-state index contributed by atoms with van der Waals surface area (Å²) in [4.78, 5) is 24.5. The molecule has 0 radical (unpaired) electrons. The smallest absolute Gasteiger partial charge is 0.178 e. The van der Waals surface area contributed by atoms with Crippen LogP contribution in [0.4, 0.5) is 0 Å². The first-order valence-electron chi connectivity index (χ1n) is 9.65. The molecule has 0 amide bonds. The van der Waals surface area contributed by atoms with Crippen molar-refractivity contribution in [1.29, 1.82) is 0 Å². The van der Waals surface area contributed by atoms with Crippen LogP contribution in [0.15, 0.2) is 35.5 Å². The Labute approximate surface area is 163 Å². The summed E-state index contributed by atoms with van der Waals surface area (Å²) in [5, 5.41) is 11.5. The molecule has 4 aliphatic rings. The minimum absolute atomic E-state index is 0.0850. The van der Waals surface area contributed by atoms with Gasteiger partial charge in [0.1, 0.15) is 5.60 Å². The number of Topliss-reactive ketones (excluding diaryl/α,β-unsaturated/α-hetero) is 1. The molecule has 0 aliphatic heterocycles. The number of hydrogen-bond donors (Lipinski definition) is 1. The molecule has 0 aromatic rings. The fourth-order valence-electron chi connectivity index (χ4n) is 6.51. The first-order chi connectivity index (χ1) is 12.2. The van der Waals surface area contributed by atoms with Crippen LogP contribution in [-0.4, -0.2) is 27.6 Å². The Bertz CT molecular complexity index is 778. The fourth-order valence-corrected chi connectivity index (χ4v) is 6.97. The SMILES string of the molecule is C[C@H]1C[C@@H]2C(=CC[C@@]3(C)[C@H]2CC[C@]3(O)C(=O)CBr)[C@@]2(C)C=CC(=O)C=C12. The van der Waals surface area contributed by atoms with Gasteiger partial charge in [-0.25, -0.2) is 0 Å². The number of carbonyl (C=O) groups is 2. The van der Waals surface area contributed by atoms with Gasteiger partial charge < -0.3 is 5.11 Å². The van der Waals surface area contributed by atoms with Crippen LogP contribution in [0.25, 0.3) is 0 Å². The molecule has 26 heavy (non-hydrogen) atoms. The highest BCUT2D eigenvalue weighted by Gasteiger charge is 2.64. The van der Waals surface area contributed by atoms with Crippen molar-refractivity contribution in [2.45, 2.75) is 52.1 Å². The standard InChI is InChI=1S/C22H27BrO3/c1-13-10-15-16(20(2)7-4-14(24)11-18(13)20)5-8-21(3)17(15)6-9-22(21,26)19(25)12-23/h4-5,7,11,13,15,17,26H,6,8-10,12H2,1-3H3/t13-,15+,17-,20+,21-,22-/m0/s1. The fraction of sp³-hybridized carbons (Fsp3) is 0.636. The van der Waals surface area contributed by atoms with Crippen molar-refractivity contribution in [3.05, 3.63) is 35.5 Å². The van der Waals surface area contributed by atoms with E-state index in [1.54, 1.807) is 6.08 Å². The van der Waals surface area contributed by atoms with Crippen molar-refractivity contribution < 1.29 is 14.7 Å². The second-order valence-corrected chi connectivity index (χ2v) is 9.69. The van der Waals surface area contributed by atoms with Gasteiger partial charge in [-0.05, 0) is 68.1 Å². The van der Waals surface area contributed by atoms with E-state index in [9.17, 15) is 14.7 Å². The third kappa shape index (κ3) is 2.15. The first-order valence-corrected chi connectivity index (χ1v) is 10.8. The predicted molar refractivity (Wildman–Crippen MR) is 105 cm³/mol. The normalized spacial score (nSPS) is 46.8. The molecule has 4 heteroatoms. The summed E-state index contributed by atoms with van der Waals surface area (Å²) in [7, 11) is 0. The van der Waals surface area contributed by atoms with Crippen molar-refractivity contribution in [3.63, 3.8) is 0 Å². The van der Waals surface area contributed by atoms with Gasteiger partial charge in [-0.15, -0.1) is 0 Å². The number of carbonyl (C=O) groups excluding carboxylic acids is 2. The third-order valence-electron chi connectivity index (χ3n) is 8.01. The summed E-state index contributed by atoms with van der Waals surface area (Å²) in [6.07, 6.45) is 11.0. The molecule has 0 aromatic carbocycles. The monoisotopic (exact) mass is 418 g/mol. The maximum atomic E-state index is 12.6. The lowest BCUT2D eigenvalue weighted by molar-refractivity contribution is -0.149. The molecule has 0 unspecified atom stereocenters. The molecule has 0 saturated heterocycles. The van der Waals surface area contributed by atoms with E-state index < -0.39 is 11.0 Å². The zero-order chi connectivity index (χ0) is 18.9. The topological polar surface area (TPSA) is 54.4 Å². The minimum atomic E-state index is -1.23. The van der Waals surface area contributed by atoms with Gasteiger partial charge in [0.05, 0.1) is 5.33 Å². The summed E-state index contributed by atoms with van der Waals surface area (Å²) in [5.74, 6) is 1.00. The van der Waals surface area contributed by atoms with E-state index in [2.05, 4.69) is 48.9 Å². The highest BCUT2D eigenvalue weighted by atomic mass is 79.9. The van der Waals surface area contributed by atoms with E-state index >= 15 is 0 Å². The lowest BCUT2D eigenvalue weighted by atomic mass is 9.50. The number of alkyl halides is 1. The summed E-state index contributed by atoms with van der Waals surface area (Å²) in [6, 6.07) is 0. The van der Waals surface area contributed by atoms with Gasteiger partial charge in [0, 0.05) is 10.8 Å². The average molecular weight is 419 g/mol. The largest absolute Gasteiger partial charge is 0.381 e. The van der Waals surface area contributed by atoms with Gasteiger partial charge in [0.2, 0.25) is 0 Å². The Morgan fingerprint density at radius 3 is 2.77 bits per heavy atom. The van der Waals surface area contributed by atoms with Crippen molar-refractivity contribution in [3.8, 4) is 0 Å². The number of fused-ring (bicyclic) bond motifs is 5. The number of ketones is 2. The molecule has 6 atom stereocenters. The van der Waals surface area contributed by atoms with Crippen LogP contribution in [0, 0.1) is 28.6 Å². The third-order valence-corrected chi connectivity index (χ3v) is 8.52. The Morgan fingerprint density at radius 2 is 2.08 bits per heavy atom. The van der Waals surface area contributed by atoms with Gasteiger partial charge in [0.15, 0.2) is 11.6 Å². The quantitative estimate of drug-likeness (QED) is 0.540. The lowest BCUT2D eigenvalue weighted by Crippen LogP contribution is -2.55. The number of hydrogen-bond acceptors (Lipinski definition) is 3. The van der Waals surface area contributed by atoms with Crippen molar-refractivity contribution in [1.82, 2.24) is 0 Å². The van der Waals surface area contributed by atoms with Gasteiger partial charge in [-0.3, -0.25) is 9.59 Å². The van der Waals surface area contributed by atoms with Crippen molar-refractivity contribution in [2.24, 2.45) is 28.6 Å². The summed E-state index contributed by atoms with van der Waals surface area (Å²) >= 11 is 3.27. The number of halogens is 1. The number of rotatable bonds is 2. The molecule has 1 N–H and O–H groups in total. The second-order valence-electron chi connectivity index (χ2n) is 9.12. The zero-order valence-corrected chi connectivity index (χ0v) is 17.3. The molecule has 3 nitrogen and oxygen atoms in total. The second kappa shape index (κ2) is 5.75. The van der Waals surface area contributed by atoms with Crippen LogP contribution in [-0.2, 0) is 9.59 Å². The van der Waals surface area contributed by atoms with Gasteiger partial charge in [-0.2, -0.15) is 0 Å². The van der Waals surface area contributed by atoms with E-state index in [0.29, 0.717) is 24.2 Å². The van der Waals surface area contributed by atoms with E-state index in [0.717, 1.165) is 19.3 Å². The van der Waals surface area contributed by atoms with E-state index in [-0.39, 0.29) is 22.3 Å². The number of allylic oxidation sites excluding steroid dienone is 6. The summed E-state index contributed by atoms with van der Waals surface area (Å²) in [6.45, 7) is 6.55. The molecule has 0 spiro atoms. The van der Waals surface area contributed by atoms with E-state index in [1.807, 2.05) is 6.08 Å². The molecule has 2 fully saturated rings. The van der Waals surface area contributed by atoms with Gasteiger partial charge in [0.25, 0.3) is 0 Å². The highest BCUT2D eigenvalue weighted by Crippen LogP contribution is 2.65. The summed E-state index contributed by atoms with van der Waals surface area (Å²) in [5.41, 5.74) is 0.779. The van der Waals surface area contributed by atoms with Crippen LogP contribution in [0.2, 0.25) is 0 Å². The molecule has 0 bridgehead atoms.